The molecule has 1 fully saturated rings. The Bertz CT molecular complexity index is 1340. The molecule has 0 radical (unpaired) electrons. The Morgan fingerprint density at radius 2 is 1.63 bits per heavy atom. The molecule has 0 N–H and O–H groups in total. The molecular formula is C24H20ClF8N5. The van der Waals surface area contributed by atoms with Crippen molar-refractivity contribution in [2.24, 2.45) is 0 Å². The van der Waals surface area contributed by atoms with E-state index in [4.69, 9.17) is 11.6 Å². The van der Waals surface area contributed by atoms with Gasteiger partial charge in [0.05, 0.1) is 24.3 Å². The van der Waals surface area contributed by atoms with Crippen LogP contribution in [0.25, 0.3) is 5.69 Å². The molecule has 3 heterocycles. The van der Waals surface area contributed by atoms with Crippen molar-refractivity contribution in [2.75, 3.05) is 24.5 Å². The van der Waals surface area contributed by atoms with E-state index in [1.807, 2.05) is 0 Å². The fraction of sp³-hybridized carbons (Fsp3) is 0.417. The van der Waals surface area contributed by atoms with Crippen LogP contribution >= 0.6 is 11.6 Å². The Labute approximate surface area is 216 Å². The molecule has 5 rings (SSSR count). The summed E-state index contributed by atoms with van der Waals surface area (Å²) in [5.41, 5.74) is -1.16. The number of piperidine rings is 1. The van der Waals surface area contributed by atoms with Gasteiger partial charge in [0, 0.05) is 30.6 Å². The largest absolute Gasteiger partial charge is 0.419 e. The SMILES string of the molecule is Fc1ccc(C(F)(F)F)c(F)c1N1CCC(c2nnc3n2-c2ccc(Cl)cc2CN(CC(F)(F)F)C3)CC1. The number of benzene rings is 2. The highest BCUT2D eigenvalue weighted by atomic mass is 35.5. The third kappa shape index (κ3) is 5.18. The summed E-state index contributed by atoms with van der Waals surface area (Å²) in [7, 11) is 0. The van der Waals surface area contributed by atoms with Crippen molar-refractivity contribution in [1.82, 2.24) is 19.7 Å². The summed E-state index contributed by atoms with van der Waals surface area (Å²) < 4.78 is 110. The average molecular weight is 566 g/mol. The maximum absolute atomic E-state index is 14.7. The summed E-state index contributed by atoms with van der Waals surface area (Å²) >= 11 is 6.12. The number of anilines is 1. The van der Waals surface area contributed by atoms with Gasteiger partial charge in [-0.2, -0.15) is 26.3 Å². The van der Waals surface area contributed by atoms with Crippen LogP contribution in [-0.2, 0) is 19.3 Å². The lowest BCUT2D eigenvalue weighted by Crippen LogP contribution is -2.35. The van der Waals surface area contributed by atoms with Crippen molar-refractivity contribution in [3.05, 3.63) is 69.8 Å². The second kappa shape index (κ2) is 9.67. The zero-order valence-electron chi connectivity index (χ0n) is 19.6. The predicted molar refractivity (Wildman–Crippen MR) is 122 cm³/mol. The third-order valence-electron chi connectivity index (χ3n) is 6.75. The molecule has 38 heavy (non-hydrogen) atoms. The lowest BCUT2D eigenvalue weighted by molar-refractivity contribution is -0.148. The van der Waals surface area contributed by atoms with E-state index in [0.717, 1.165) is 0 Å². The number of alkyl halides is 6. The molecule has 2 aliphatic rings. The predicted octanol–water partition coefficient (Wildman–Crippen LogP) is 6.48. The Balaban J connectivity index is 1.44. The minimum Gasteiger partial charge on any atom is -0.367 e. The highest BCUT2D eigenvalue weighted by Crippen LogP contribution is 2.39. The van der Waals surface area contributed by atoms with E-state index in [2.05, 4.69) is 10.2 Å². The fourth-order valence-corrected chi connectivity index (χ4v) is 5.33. The smallest absolute Gasteiger partial charge is 0.367 e. The van der Waals surface area contributed by atoms with Crippen molar-refractivity contribution in [1.29, 1.82) is 0 Å². The first-order chi connectivity index (χ1) is 17.8. The topological polar surface area (TPSA) is 37.2 Å². The lowest BCUT2D eigenvalue weighted by atomic mass is 9.94. The van der Waals surface area contributed by atoms with Crippen LogP contribution in [-0.4, -0.2) is 45.5 Å². The van der Waals surface area contributed by atoms with E-state index in [9.17, 15) is 35.1 Å². The van der Waals surface area contributed by atoms with Crippen LogP contribution in [0.5, 0.6) is 0 Å². The number of nitrogens with zero attached hydrogens (tertiary/aromatic N) is 5. The van der Waals surface area contributed by atoms with Gasteiger partial charge in [0.1, 0.15) is 17.3 Å². The molecular weight excluding hydrogens is 546 g/mol. The van der Waals surface area contributed by atoms with Gasteiger partial charge in [-0.1, -0.05) is 11.6 Å². The summed E-state index contributed by atoms with van der Waals surface area (Å²) in [4.78, 5) is 2.42. The van der Waals surface area contributed by atoms with Gasteiger partial charge >= 0.3 is 12.4 Å². The number of rotatable bonds is 3. The zero-order chi connectivity index (χ0) is 27.4. The highest BCUT2D eigenvalue weighted by Gasteiger charge is 2.38. The second-order valence-electron chi connectivity index (χ2n) is 9.36. The monoisotopic (exact) mass is 565 g/mol. The number of hydrogen-bond acceptors (Lipinski definition) is 4. The molecule has 3 aromatic rings. The van der Waals surface area contributed by atoms with Crippen molar-refractivity contribution < 1.29 is 35.1 Å². The van der Waals surface area contributed by atoms with Gasteiger partial charge in [-0.05, 0) is 48.7 Å². The van der Waals surface area contributed by atoms with Gasteiger partial charge in [-0.15, -0.1) is 10.2 Å². The lowest BCUT2D eigenvalue weighted by Gasteiger charge is -2.34. The van der Waals surface area contributed by atoms with E-state index in [1.54, 1.807) is 22.8 Å². The van der Waals surface area contributed by atoms with Crippen LogP contribution in [0.1, 0.15) is 41.5 Å². The maximum Gasteiger partial charge on any atom is 0.419 e. The molecule has 0 atom stereocenters. The molecule has 2 aromatic carbocycles. The molecule has 2 aliphatic heterocycles. The molecule has 0 amide bonds. The summed E-state index contributed by atoms with van der Waals surface area (Å²) in [6.07, 6.45) is -8.84. The van der Waals surface area contributed by atoms with Crippen LogP contribution in [0.4, 0.5) is 40.8 Å². The molecule has 0 unspecified atom stereocenters. The van der Waals surface area contributed by atoms with Crippen LogP contribution in [0.3, 0.4) is 0 Å². The minimum absolute atomic E-state index is 0.0231. The van der Waals surface area contributed by atoms with Crippen molar-refractivity contribution in [2.45, 2.75) is 44.2 Å². The molecule has 0 saturated carbocycles. The van der Waals surface area contributed by atoms with Crippen LogP contribution < -0.4 is 4.90 Å². The van der Waals surface area contributed by atoms with E-state index in [1.165, 1.54) is 9.80 Å². The summed E-state index contributed by atoms with van der Waals surface area (Å²) in [5.74, 6) is -2.31. The number of aromatic nitrogens is 3. The zero-order valence-corrected chi connectivity index (χ0v) is 20.3. The third-order valence-corrected chi connectivity index (χ3v) is 6.98. The van der Waals surface area contributed by atoms with E-state index in [0.29, 0.717) is 40.1 Å². The van der Waals surface area contributed by atoms with Gasteiger partial charge in [0.2, 0.25) is 0 Å². The van der Waals surface area contributed by atoms with E-state index in [-0.39, 0.29) is 44.9 Å². The average Bonchev–Trinajstić information content (AvgIpc) is 3.14. The first-order valence-corrected chi connectivity index (χ1v) is 12.0. The van der Waals surface area contributed by atoms with Gasteiger partial charge in [-0.3, -0.25) is 9.47 Å². The van der Waals surface area contributed by atoms with Crippen molar-refractivity contribution >= 4 is 17.3 Å². The van der Waals surface area contributed by atoms with E-state index >= 15 is 0 Å². The quantitative estimate of drug-likeness (QED) is 0.341. The van der Waals surface area contributed by atoms with Gasteiger partial charge in [0.25, 0.3) is 0 Å². The van der Waals surface area contributed by atoms with Crippen molar-refractivity contribution in [3.8, 4) is 5.69 Å². The van der Waals surface area contributed by atoms with Gasteiger partial charge < -0.3 is 4.90 Å². The van der Waals surface area contributed by atoms with Gasteiger partial charge in [-0.25, -0.2) is 8.78 Å². The van der Waals surface area contributed by atoms with Crippen molar-refractivity contribution in [3.63, 3.8) is 0 Å². The van der Waals surface area contributed by atoms with Gasteiger partial charge in [0.15, 0.2) is 11.6 Å². The fourth-order valence-electron chi connectivity index (χ4n) is 5.13. The van der Waals surface area contributed by atoms with Crippen LogP contribution in [0.2, 0.25) is 5.02 Å². The number of halogens is 9. The molecule has 0 bridgehead atoms. The first-order valence-electron chi connectivity index (χ1n) is 11.6. The van der Waals surface area contributed by atoms with Crippen LogP contribution in [0.15, 0.2) is 30.3 Å². The number of hydrogen-bond donors (Lipinski definition) is 0. The molecule has 1 saturated heterocycles. The molecule has 14 heteroatoms. The maximum atomic E-state index is 14.7. The number of fused-ring (bicyclic) bond motifs is 3. The second-order valence-corrected chi connectivity index (χ2v) is 9.80. The normalized spacial score (nSPS) is 17.3. The van der Waals surface area contributed by atoms with Crippen LogP contribution in [0, 0.1) is 11.6 Å². The molecule has 0 aliphatic carbocycles. The molecule has 204 valence electrons. The molecule has 1 aromatic heterocycles. The summed E-state index contributed by atoms with van der Waals surface area (Å²) in [6.45, 7) is -1.23. The summed E-state index contributed by atoms with van der Waals surface area (Å²) in [6, 6.07) is 5.84. The summed E-state index contributed by atoms with van der Waals surface area (Å²) in [5, 5.41) is 8.76. The first kappa shape index (κ1) is 26.7. The minimum atomic E-state index is -4.97. The Morgan fingerprint density at radius 1 is 0.921 bits per heavy atom. The Morgan fingerprint density at radius 3 is 2.29 bits per heavy atom. The highest BCUT2D eigenvalue weighted by molar-refractivity contribution is 6.30. The Hall–Kier alpha value is -2.93. The Kier molecular flexibility index (Phi) is 6.79. The standard InChI is InChI=1S/C24H20ClF8N5/c25-15-1-4-18-14(9-15)10-36(12-23(28,29)30)11-19-34-35-22(38(18)19)13-5-7-37(8-6-13)21-17(26)3-2-16(20(21)27)24(31,32)33/h1-4,9,13H,5-8,10-12H2. The molecule has 5 nitrogen and oxygen atoms in total. The van der Waals surface area contributed by atoms with E-state index < -0.39 is 41.8 Å². The molecule has 0 spiro atoms.